The Morgan fingerprint density at radius 1 is 1.47 bits per heavy atom. The molecule has 1 aliphatic carbocycles. The summed E-state index contributed by atoms with van der Waals surface area (Å²) in [4.78, 5) is 12.9. The summed E-state index contributed by atoms with van der Waals surface area (Å²) in [5, 5.41) is 5.05. The molecular weight excluding hydrogens is 258 g/mol. The first-order chi connectivity index (χ1) is 9.05. The number of hydrogen-bond acceptors (Lipinski definition) is 3. The quantitative estimate of drug-likeness (QED) is 0.906. The van der Waals surface area contributed by atoms with Gasteiger partial charge in [0.2, 0.25) is 0 Å². The molecule has 3 rings (SSSR count). The zero-order chi connectivity index (χ0) is 13.5. The topological polar surface area (TPSA) is 42.2 Å². The van der Waals surface area contributed by atoms with Crippen LogP contribution in [-0.2, 0) is 6.42 Å². The van der Waals surface area contributed by atoms with Crippen LogP contribution in [-0.4, -0.2) is 5.91 Å². The second kappa shape index (κ2) is 4.53. The summed E-state index contributed by atoms with van der Waals surface area (Å²) in [5.74, 6) is 1.01. The maximum atomic E-state index is 12.2. The molecule has 0 aromatic carbocycles. The Bertz CT molecular complexity index is 583. The van der Waals surface area contributed by atoms with E-state index in [4.69, 9.17) is 4.42 Å². The Labute approximate surface area is 116 Å². The summed E-state index contributed by atoms with van der Waals surface area (Å²) in [7, 11) is 0. The number of hydrogen-bond donors (Lipinski definition) is 1. The average molecular weight is 275 g/mol. The van der Waals surface area contributed by atoms with Crippen LogP contribution >= 0.6 is 11.3 Å². The molecule has 1 unspecified atom stereocenters. The van der Waals surface area contributed by atoms with Gasteiger partial charge in [-0.25, -0.2) is 0 Å². The minimum Gasteiger partial charge on any atom is -0.469 e. The number of furan rings is 1. The van der Waals surface area contributed by atoms with Crippen molar-refractivity contribution in [2.45, 2.75) is 32.7 Å². The molecule has 2 aromatic heterocycles. The number of nitrogens with one attached hydrogen (secondary N) is 1. The van der Waals surface area contributed by atoms with Crippen LogP contribution in [0.5, 0.6) is 0 Å². The van der Waals surface area contributed by atoms with Gasteiger partial charge in [0.15, 0.2) is 0 Å². The van der Waals surface area contributed by atoms with Crippen molar-refractivity contribution in [2.75, 3.05) is 0 Å². The first-order valence-corrected chi connectivity index (χ1v) is 7.34. The fourth-order valence-corrected chi connectivity index (χ4v) is 3.37. The normalized spacial score (nSPS) is 20.8. The highest BCUT2D eigenvalue weighted by atomic mass is 32.1. The first-order valence-electron chi connectivity index (χ1n) is 6.46. The molecule has 0 saturated carbocycles. The lowest BCUT2D eigenvalue weighted by atomic mass is 9.75. The Balaban J connectivity index is 1.84. The molecule has 0 fully saturated rings. The van der Waals surface area contributed by atoms with Crippen LogP contribution in [0.25, 0.3) is 0 Å². The molecule has 0 bridgehead atoms. The van der Waals surface area contributed by atoms with Gasteiger partial charge < -0.3 is 9.73 Å². The minimum absolute atomic E-state index is 0.00449. The Hall–Kier alpha value is -1.55. The third-order valence-electron chi connectivity index (χ3n) is 3.60. The summed E-state index contributed by atoms with van der Waals surface area (Å²) in [6, 6.07) is 5.77. The lowest BCUT2D eigenvalue weighted by Gasteiger charge is -2.34. The lowest BCUT2D eigenvalue weighted by Crippen LogP contribution is -2.35. The molecule has 100 valence electrons. The van der Waals surface area contributed by atoms with Gasteiger partial charge in [0, 0.05) is 12.0 Å². The number of rotatable bonds is 2. The number of amides is 1. The fraction of sp³-hybridized carbons (Fsp3) is 0.400. The molecule has 1 amide bonds. The van der Waals surface area contributed by atoms with E-state index in [1.807, 2.05) is 23.6 Å². The van der Waals surface area contributed by atoms with Gasteiger partial charge in [-0.2, -0.15) is 0 Å². The van der Waals surface area contributed by atoms with E-state index >= 15 is 0 Å². The molecule has 0 saturated heterocycles. The molecule has 2 aromatic rings. The Morgan fingerprint density at radius 2 is 2.32 bits per heavy atom. The summed E-state index contributed by atoms with van der Waals surface area (Å²) in [6.07, 6.45) is 3.59. The van der Waals surface area contributed by atoms with Crippen molar-refractivity contribution in [1.82, 2.24) is 5.32 Å². The molecule has 0 aliphatic heterocycles. The van der Waals surface area contributed by atoms with Crippen LogP contribution in [0, 0.1) is 5.41 Å². The zero-order valence-electron chi connectivity index (χ0n) is 11.1. The predicted molar refractivity (Wildman–Crippen MR) is 75.3 cm³/mol. The van der Waals surface area contributed by atoms with Gasteiger partial charge in [-0.1, -0.05) is 19.9 Å². The molecule has 1 N–H and O–H groups in total. The average Bonchev–Trinajstić information content (AvgIpc) is 2.96. The second-order valence-electron chi connectivity index (χ2n) is 5.85. The molecule has 0 radical (unpaired) electrons. The van der Waals surface area contributed by atoms with Crippen molar-refractivity contribution >= 4 is 17.2 Å². The van der Waals surface area contributed by atoms with E-state index in [9.17, 15) is 4.79 Å². The minimum atomic E-state index is 0.00449. The van der Waals surface area contributed by atoms with Crippen LogP contribution in [0.15, 0.2) is 34.3 Å². The van der Waals surface area contributed by atoms with Crippen molar-refractivity contribution in [3.8, 4) is 0 Å². The van der Waals surface area contributed by atoms with Crippen molar-refractivity contribution in [3.63, 3.8) is 0 Å². The van der Waals surface area contributed by atoms with Crippen molar-refractivity contribution in [3.05, 3.63) is 46.0 Å². The number of carbonyl (C=O) groups is 1. The van der Waals surface area contributed by atoms with E-state index in [-0.39, 0.29) is 17.4 Å². The van der Waals surface area contributed by atoms with Crippen LogP contribution in [0.4, 0.5) is 0 Å². The maximum absolute atomic E-state index is 12.2. The van der Waals surface area contributed by atoms with Gasteiger partial charge in [0.1, 0.15) is 5.76 Å². The molecule has 19 heavy (non-hydrogen) atoms. The molecule has 0 spiro atoms. The van der Waals surface area contributed by atoms with E-state index in [1.54, 1.807) is 6.26 Å². The fourth-order valence-electron chi connectivity index (χ4n) is 2.74. The van der Waals surface area contributed by atoms with Gasteiger partial charge in [0.25, 0.3) is 5.91 Å². The summed E-state index contributed by atoms with van der Waals surface area (Å²) >= 11 is 1.47. The predicted octanol–water partition coefficient (Wildman–Crippen LogP) is 3.78. The van der Waals surface area contributed by atoms with Crippen molar-refractivity contribution in [2.24, 2.45) is 5.41 Å². The summed E-state index contributed by atoms with van der Waals surface area (Å²) in [6.45, 7) is 4.42. The molecule has 1 atom stereocenters. The van der Waals surface area contributed by atoms with Crippen LogP contribution in [0.2, 0.25) is 0 Å². The van der Waals surface area contributed by atoms with Gasteiger partial charge in [0.05, 0.1) is 17.2 Å². The number of thiophene rings is 1. The van der Waals surface area contributed by atoms with Gasteiger partial charge >= 0.3 is 0 Å². The van der Waals surface area contributed by atoms with Crippen LogP contribution in [0.1, 0.15) is 47.3 Å². The maximum Gasteiger partial charge on any atom is 0.261 e. The first kappa shape index (κ1) is 12.5. The van der Waals surface area contributed by atoms with E-state index in [0.29, 0.717) is 0 Å². The smallest absolute Gasteiger partial charge is 0.261 e. The van der Waals surface area contributed by atoms with Crippen molar-refractivity contribution in [1.29, 1.82) is 0 Å². The molecular formula is C15H17NO2S. The summed E-state index contributed by atoms with van der Waals surface area (Å²) < 4.78 is 5.55. The monoisotopic (exact) mass is 275 g/mol. The zero-order valence-corrected chi connectivity index (χ0v) is 11.9. The van der Waals surface area contributed by atoms with Gasteiger partial charge in [-0.3, -0.25) is 4.79 Å². The number of carbonyl (C=O) groups excluding carboxylic acids is 1. The number of fused-ring (bicyclic) bond motifs is 1. The van der Waals surface area contributed by atoms with Crippen molar-refractivity contribution < 1.29 is 9.21 Å². The van der Waals surface area contributed by atoms with Crippen LogP contribution in [0.3, 0.4) is 0 Å². The Kier molecular flexibility index (Phi) is 2.97. The molecule has 3 nitrogen and oxygen atoms in total. The third kappa shape index (κ3) is 2.45. The highest BCUT2D eigenvalue weighted by Gasteiger charge is 2.35. The molecule has 1 aliphatic rings. The van der Waals surface area contributed by atoms with E-state index in [1.165, 1.54) is 11.3 Å². The molecule has 2 heterocycles. The highest BCUT2D eigenvalue weighted by Crippen LogP contribution is 2.41. The standard InChI is InChI=1S/C15H17NO2S/c1-15(2)8-11(10-5-6-18-12(10)9-15)16-14(17)13-4-3-7-19-13/h3-7,11H,8-9H2,1-2H3,(H,16,17). The highest BCUT2D eigenvalue weighted by molar-refractivity contribution is 7.12. The van der Waals surface area contributed by atoms with Gasteiger partial charge in [-0.15, -0.1) is 11.3 Å². The summed E-state index contributed by atoms with van der Waals surface area (Å²) in [5.41, 5.74) is 1.28. The second-order valence-corrected chi connectivity index (χ2v) is 6.80. The lowest BCUT2D eigenvalue weighted by molar-refractivity contribution is 0.0921. The third-order valence-corrected chi connectivity index (χ3v) is 4.47. The van der Waals surface area contributed by atoms with Gasteiger partial charge in [-0.05, 0) is 29.3 Å². The van der Waals surface area contributed by atoms with E-state index in [2.05, 4.69) is 19.2 Å². The van der Waals surface area contributed by atoms with Crippen LogP contribution < -0.4 is 5.32 Å². The molecule has 4 heteroatoms. The largest absolute Gasteiger partial charge is 0.469 e. The van der Waals surface area contributed by atoms with E-state index in [0.717, 1.165) is 29.0 Å². The Morgan fingerprint density at radius 3 is 3.05 bits per heavy atom. The SMILES string of the molecule is CC1(C)Cc2occc2C(NC(=O)c2cccs2)C1. The van der Waals surface area contributed by atoms with E-state index < -0.39 is 0 Å².